The van der Waals surface area contributed by atoms with Gasteiger partial charge >= 0.3 is 0 Å². The van der Waals surface area contributed by atoms with Gasteiger partial charge in [-0.1, -0.05) is 24.6 Å². The Labute approximate surface area is 153 Å². The lowest BCUT2D eigenvalue weighted by Gasteiger charge is -2.21. The third-order valence-corrected chi connectivity index (χ3v) is 4.56. The van der Waals surface area contributed by atoms with Gasteiger partial charge in [-0.2, -0.15) is 0 Å². The normalized spacial score (nSPS) is 16.1. The zero-order valence-corrected chi connectivity index (χ0v) is 14.8. The Bertz CT molecular complexity index is 945. The van der Waals surface area contributed by atoms with Crippen LogP contribution in [0, 0.1) is 23.0 Å². The number of carbonyl (C=O) groups is 2. The first-order chi connectivity index (χ1) is 12.3. The predicted molar refractivity (Wildman–Crippen MR) is 94.6 cm³/mol. The van der Waals surface area contributed by atoms with Gasteiger partial charge in [0.2, 0.25) is 5.95 Å². The lowest BCUT2D eigenvalue weighted by Crippen LogP contribution is -2.23. The Kier molecular flexibility index (Phi) is 4.69. The highest BCUT2D eigenvalue weighted by molar-refractivity contribution is 6.36. The molecule has 1 amide bonds. The highest BCUT2D eigenvalue weighted by Crippen LogP contribution is 2.29. The van der Waals surface area contributed by atoms with Crippen molar-refractivity contribution in [2.45, 2.75) is 26.7 Å². The van der Waals surface area contributed by atoms with Gasteiger partial charge in [-0.25, -0.2) is 9.97 Å². The minimum Gasteiger partial charge on any atom is -0.294 e. The number of hydrogen-bond donors (Lipinski definition) is 1. The summed E-state index contributed by atoms with van der Waals surface area (Å²) in [5, 5.41) is 13.2. The number of ketones is 1. The summed E-state index contributed by atoms with van der Waals surface area (Å²) in [5.41, 5.74) is 1.19. The molecule has 8 nitrogen and oxygen atoms in total. The summed E-state index contributed by atoms with van der Waals surface area (Å²) in [6.07, 6.45) is 1.07. The molecule has 3 rings (SSSR count). The highest BCUT2D eigenvalue weighted by Gasteiger charge is 2.27. The first-order valence-corrected chi connectivity index (χ1v) is 8.30. The maximum absolute atomic E-state index is 12.5. The molecule has 1 heterocycles. The number of Topliss-reactive ketones (excluding diaryl/α,β-unsaturated/α-hetero) is 1. The van der Waals surface area contributed by atoms with Crippen LogP contribution in [0.4, 0.5) is 11.6 Å². The molecule has 1 aromatic heterocycles. The van der Waals surface area contributed by atoms with E-state index >= 15 is 0 Å². The average molecular weight is 375 g/mol. The molecule has 1 unspecified atom stereocenters. The van der Waals surface area contributed by atoms with Crippen LogP contribution < -0.4 is 5.32 Å². The first kappa shape index (κ1) is 17.9. The lowest BCUT2D eigenvalue weighted by molar-refractivity contribution is -0.384. The van der Waals surface area contributed by atoms with E-state index in [1.807, 2.05) is 6.92 Å². The molecule has 0 aliphatic heterocycles. The molecular weight excluding hydrogens is 360 g/mol. The lowest BCUT2D eigenvalue weighted by atomic mass is 9.86. The summed E-state index contributed by atoms with van der Waals surface area (Å²) in [4.78, 5) is 43.4. The number of carbonyl (C=O) groups excluding carboxylic acids is 2. The van der Waals surface area contributed by atoms with Gasteiger partial charge < -0.3 is 0 Å². The quantitative estimate of drug-likeness (QED) is 0.650. The molecule has 134 valence electrons. The van der Waals surface area contributed by atoms with Gasteiger partial charge in [0.1, 0.15) is 5.02 Å². The second-order valence-electron chi connectivity index (χ2n) is 6.24. The molecule has 2 aromatic rings. The Morgan fingerprint density at radius 1 is 1.35 bits per heavy atom. The number of nitro groups is 1. The van der Waals surface area contributed by atoms with E-state index in [2.05, 4.69) is 15.3 Å². The third-order valence-electron chi connectivity index (χ3n) is 4.16. The maximum Gasteiger partial charge on any atom is 0.288 e. The second-order valence-corrected chi connectivity index (χ2v) is 6.62. The summed E-state index contributed by atoms with van der Waals surface area (Å²) < 4.78 is 0. The number of anilines is 1. The average Bonchev–Trinajstić information content (AvgIpc) is 2.53. The van der Waals surface area contributed by atoms with Crippen molar-refractivity contribution in [1.29, 1.82) is 0 Å². The van der Waals surface area contributed by atoms with Crippen molar-refractivity contribution in [2.75, 3.05) is 5.32 Å². The largest absolute Gasteiger partial charge is 0.294 e. The number of hydrogen-bond acceptors (Lipinski definition) is 6. The summed E-state index contributed by atoms with van der Waals surface area (Å²) >= 11 is 5.96. The van der Waals surface area contributed by atoms with Crippen LogP contribution in [0.25, 0.3) is 0 Å². The van der Waals surface area contributed by atoms with Crippen LogP contribution >= 0.6 is 11.6 Å². The Morgan fingerprint density at radius 2 is 2.08 bits per heavy atom. The van der Waals surface area contributed by atoms with E-state index in [4.69, 9.17) is 11.6 Å². The van der Waals surface area contributed by atoms with E-state index in [1.165, 1.54) is 18.2 Å². The molecule has 0 radical (unpaired) electrons. The molecule has 0 fully saturated rings. The fourth-order valence-corrected chi connectivity index (χ4v) is 3.31. The van der Waals surface area contributed by atoms with Gasteiger partial charge in [-0.15, -0.1) is 0 Å². The summed E-state index contributed by atoms with van der Waals surface area (Å²) in [5.74, 6) is -0.459. The number of nitro benzene ring substituents is 1. The van der Waals surface area contributed by atoms with E-state index in [-0.39, 0.29) is 33.9 Å². The van der Waals surface area contributed by atoms with Gasteiger partial charge in [0.15, 0.2) is 5.78 Å². The maximum atomic E-state index is 12.5. The SMILES string of the molecule is Cc1nc(NC(=O)c2cccc([N+](=O)[O-])c2Cl)nc2c1C(=O)CC(C)C2. The fraction of sp³-hybridized carbons (Fsp3) is 0.294. The number of nitrogens with zero attached hydrogens (tertiary/aromatic N) is 3. The Balaban J connectivity index is 1.93. The van der Waals surface area contributed by atoms with Crippen molar-refractivity contribution in [3.63, 3.8) is 0 Å². The molecule has 0 saturated carbocycles. The van der Waals surface area contributed by atoms with Crippen LogP contribution in [0.1, 0.15) is 45.4 Å². The number of rotatable bonds is 3. The van der Waals surface area contributed by atoms with E-state index in [0.29, 0.717) is 29.8 Å². The summed E-state index contributed by atoms with van der Waals surface area (Å²) in [7, 11) is 0. The van der Waals surface area contributed by atoms with E-state index < -0.39 is 10.8 Å². The van der Waals surface area contributed by atoms with Crippen molar-refractivity contribution < 1.29 is 14.5 Å². The van der Waals surface area contributed by atoms with E-state index in [1.54, 1.807) is 6.92 Å². The standard InChI is InChI=1S/C17H15ClN4O4/c1-8-6-11-14(13(23)7-8)9(2)19-17(20-11)21-16(24)10-4-3-5-12(15(10)18)22(25)26/h3-5,8H,6-7H2,1-2H3,(H,19,20,21,24). The fourth-order valence-electron chi connectivity index (χ4n) is 3.02. The Hall–Kier alpha value is -2.87. The van der Waals surface area contributed by atoms with Crippen LogP contribution in [0.5, 0.6) is 0 Å². The van der Waals surface area contributed by atoms with E-state index in [0.717, 1.165) is 0 Å². The number of nitrogens with one attached hydrogen (secondary N) is 1. The number of aryl methyl sites for hydroxylation is 1. The minimum atomic E-state index is -0.661. The van der Waals surface area contributed by atoms with Crippen LogP contribution in [0.3, 0.4) is 0 Å². The molecule has 1 atom stereocenters. The number of amides is 1. The van der Waals surface area contributed by atoms with Crippen LogP contribution in [0.15, 0.2) is 18.2 Å². The van der Waals surface area contributed by atoms with Gasteiger partial charge in [-0.05, 0) is 25.3 Å². The molecule has 1 aliphatic carbocycles. The highest BCUT2D eigenvalue weighted by atomic mass is 35.5. The molecule has 9 heteroatoms. The monoisotopic (exact) mass is 374 g/mol. The van der Waals surface area contributed by atoms with Crippen molar-refractivity contribution in [3.05, 3.63) is 55.9 Å². The zero-order valence-electron chi connectivity index (χ0n) is 14.1. The minimum absolute atomic E-state index is 0.00384. The molecule has 1 aliphatic rings. The van der Waals surface area contributed by atoms with Crippen LogP contribution in [-0.2, 0) is 6.42 Å². The van der Waals surface area contributed by atoms with Gasteiger partial charge in [-0.3, -0.25) is 25.0 Å². The van der Waals surface area contributed by atoms with Crippen molar-refractivity contribution in [2.24, 2.45) is 5.92 Å². The first-order valence-electron chi connectivity index (χ1n) is 7.93. The van der Waals surface area contributed by atoms with Crippen LogP contribution in [-0.4, -0.2) is 26.6 Å². The molecule has 26 heavy (non-hydrogen) atoms. The van der Waals surface area contributed by atoms with Gasteiger partial charge in [0.05, 0.1) is 27.4 Å². The molecule has 1 aromatic carbocycles. The van der Waals surface area contributed by atoms with Crippen LogP contribution in [0.2, 0.25) is 5.02 Å². The van der Waals surface area contributed by atoms with E-state index in [9.17, 15) is 19.7 Å². The number of fused-ring (bicyclic) bond motifs is 1. The number of aromatic nitrogens is 2. The summed E-state index contributed by atoms with van der Waals surface area (Å²) in [6, 6.07) is 3.96. The second kappa shape index (κ2) is 6.80. The van der Waals surface area contributed by atoms with Crippen molar-refractivity contribution in [3.8, 4) is 0 Å². The van der Waals surface area contributed by atoms with Crippen molar-refractivity contribution >= 4 is 34.9 Å². The third kappa shape index (κ3) is 3.28. The van der Waals surface area contributed by atoms with Crippen molar-refractivity contribution in [1.82, 2.24) is 9.97 Å². The van der Waals surface area contributed by atoms with Gasteiger partial charge in [0, 0.05) is 12.5 Å². The Morgan fingerprint density at radius 3 is 2.77 bits per heavy atom. The van der Waals surface area contributed by atoms with Gasteiger partial charge in [0.25, 0.3) is 11.6 Å². The smallest absolute Gasteiger partial charge is 0.288 e. The predicted octanol–water partition coefficient (Wildman–Crippen LogP) is 3.36. The number of benzene rings is 1. The molecular formula is C17H15ClN4O4. The summed E-state index contributed by atoms with van der Waals surface area (Å²) in [6.45, 7) is 3.64. The topological polar surface area (TPSA) is 115 Å². The molecule has 0 bridgehead atoms. The zero-order chi connectivity index (χ0) is 19.0. The molecule has 1 N–H and O–H groups in total. The molecule has 0 saturated heterocycles. The number of halogens is 1. The molecule has 0 spiro atoms.